The van der Waals surface area contributed by atoms with Gasteiger partial charge in [-0.1, -0.05) is 28.4 Å². The maximum Gasteiger partial charge on any atom is 0.249 e. The second kappa shape index (κ2) is 6.60. The van der Waals surface area contributed by atoms with Crippen molar-refractivity contribution in [1.82, 2.24) is 5.16 Å². The van der Waals surface area contributed by atoms with Gasteiger partial charge in [-0.05, 0) is 25.1 Å². The van der Waals surface area contributed by atoms with Crippen LogP contribution < -0.4 is 5.32 Å². The third-order valence-corrected chi connectivity index (χ3v) is 3.27. The maximum atomic E-state index is 12.1. The topological polar surface area (TPSA) is 96.0 Å². The molecular weight excluding hydrogens is 329 g/mol. The third-order valence-electron chi connectivity index (χ3n) is 2.72. The Balaban J connectivity index is 2.19. The Labute approximate surface area is 135 Å². The van der Waals surface area contributed by atoms with E-state index in [0.29, 0.717) is 10.8 Å². The van der Waals surface area contributed by atoms with Crippen molar-refractivity contribution in [2.45, 2.75) is 6.92 Å². The molecule has 0 aliphatic carbocycles. The number of nitrogens with zero attached hydrogens (tertiary/aromatic N) is 2. The number of rotatable bonds is 4. The molecule has 1 aromatic carbocycles. The first-order chi connectivity index (χ1) is 10.4. The van der Waals surface area contributed by atoms with E-state index in [4.69, 9.17) is 33.0 Å². The van der Waals surface area contributed by atoms with Crippen LogP contribution in [0.3, 0.4) is 0 Å². The van der Waals surface area contributed by atoms with Crippen molar-refractivity contribution in [1.29, 1.82) is 5.26 Å². The van der Waals surface area contributed by atoms with E-state index in [2.05, 4.69) is 10.5 Å². The van der Waals surface area contributed by atoms with Gasteiger partial charge in [0, 0.05) is 11.1 Å². The van der Waals surface area contributed by atoms with Gasteiger partial charge in [-0.3, -0.25) is 9.59 Å². The average molecular weight is 338 g/mol. The molecule has 0 aliphatic heterocycles. The summed E-state index contributed by atoms with van der Waals surface area (Å²) in [5.41, 5.74) is 0.168. The normalized spacial score (nSPS) is 11.5. The minimum absolute atomic E-state index is 0.0820. The molecule has 1 unspecified atom stereocenters. The standard InChI is InChI=1S/C14H9Cl2N3O3/c1-7-4-12(19-22-7)13(20)9(6-17)14(21)18-11-3-2-8(15)5-10(11)16/h2-5,9H,1H3,(H,18,21). The number of Topliss-reactive ketones (excluding diaryl/α,β-unsaturated/α-hetero) is 1. The van der Waals surface area contributed by atoms with Gasteiger partial charge in [-0.2, -0.15) is 5.26 Å². The second-order valence-corrected chi connectivity index (χ2v) is 5.21. The molecule has 0 spiro atoms. The van der Waals surface area contributed by atoms with Gasteiger partial charge in [-0.25, -0.2) is 0 Å². The molecule has 1 atom stereocenters. The van der Waals surface area contributed by atoms with Crippen molar-refractivity contribution < 1.29 is 14.1 Å². The van der Waals surface area contributed by atoms with E-state index in [9.17, 15) is 9.59 Å². The SMILES string of the molecule is Cc1cc(C(=O)C(C#N)C(=O)Nc2ccc(Cl)cc2Cl)no1. The fourth-order valence-corrected chi connectivity index (χ4v) is 2.12. The van der Waals surface area contributed by atoms with Crippen molar-refractivity contribution in [3.63, 3.8) is 0 Å². The number of aromatic nitrogens is 1. The van der Waals surface area contributed by atoms with Crippen LogP contribution in [-0.2, 0) is 4.79 Å². The smallest absolute Gasteiger partial charge is 0.249 e. The van der Waals surface area contributed by atoms with Gasteiger partial charge in [-0.15, -0.1) is 0 Å². The van der Waals surface area contributed by atoms with E-state index in [1.807, 2.05) is 0 Å². The summed E-state index contributed by atoms with van der Waals surface area (Å²) in [7, 11) is 0. The quantitative estimate of drug-likeness (QED) is 0.682. The van der Waals surface area contributed by atoms with Crippen LogP contribution in [0.1, 0.15) is 16.2 Å². The zero-order valence-corrected chi connectivity index (χ0v) is 12.8. The van der Waals surface area contributed by atoms with Crippen LogP contribution in [0.2, 0.25) is 10.0 Å². The number of hydrogen-bond donors (Lipinski definition) is 1. The fraction of sp³-hybridized carbons (Fsp3) is 0.143. The molecule has 6 nitrogen and oxygen atoms in total. The molecule has 2 rings (SSSR count). The molecule has 1 aromatic heterocycles. The first-order valence-electron chi connectivity index (χ1n) is 6.05. The fourth-order valence-electron chi connectivity index (χ4n) is 1.66. The van der Waals surface area contributed by atoms with E-state index in [-0.39, 0.29) is 16.4 Å². The molecule has 8 heteroatoms. The summed E-state index contributed by atoms with van der Waals surface area (Å²) in [4.78, 5) is 24.2. The highest BCUT2D eigenvalue weighted by Gasteiger charge is 2.30. The van der Waals surface area contributed by atoms with Crippen molar-refractivity contribution >= 4 is 40.6 Å². The summed E-state index contributed by atoms with van der Waals surface area (Å²) in [5, 5.41) is 15.6. The minimum Gasteiger partial charge on any atom is -0.361 e. The highest BCUT2D eigenvalue weighted by atomic mass is 35.5. The highest BCUT2D eigenvalue weighted by molar-refractivity contribution is 6.36. The Bertz CT molecular complexity index is 780. The molecule has 0 bridgehead atoms. The average Bonchev–Trinajstić information content (AvgIpc) is 2.89. The number of halogens is 2. The lowest BCUT2D eigenvalue weighted by atomic mass is 10.0. The largest absolute Gasteiger partial charge is 0.361 e. The monoisotopic (exact) mass is 337 g/mol. The number of aryl methyl sites for hydroxylation is 1. The van der Waals surface area contributed by atoms with Crippen LogP contribution in [0.25, 0.3) is 0 Å². The summed E-state index contributed by atoms with van der Waals surface area (Å²) in [5.74, 6) is -2.71. The van der Waals surface area contributed by atoms with Gasteiger partial charge in [0.2, 0.25) is 11.7 Å². The van der Waals surface area contributed by atoms with Gasteiger partial charge < -0.3 is 9.84 Å². The summed E-state index contributed by atoms with van der Waals surface area (Å²) in [6.07, 6.45) is 0. The minimum atomic E-state index is -1.56. The van der Waals surface area contributed by atoms with Crippen molar-refractivity contribution in [3.8, 4) is 6.07 Å². The summed E-state index contributed by atoms with van der Waals surface area (Å²) in [6, 6.07) is 7.43. The summed E-state index contributed by atoms with van der Waals surface area (Å²) < 4.78 is 4.76. The first kappa shape index (κ1) is 16.0. The Hall–Kier alpha value is -2.36. The van der Waals surface area contributed by atoms with Gasteiger partial charge in [0.15, 0.2) is 11.6 Å². The molecule has 1 N–H and O–H groups in total. The Morgan fingerprint density at radius 2 is 2.09 bits per heavy atom. The molecule has 0 saturated heterocycles. The molecule has 1 heterocycles. The predicted octanol–water partition coefficient (Wildman–Crippen LogP) is 3.25. The van der Waals surface area contributed by atoms with Gasteiger partial charge in [0.1, 0.15) is 5.76 Å². The lowest BCUT2D eigenvalue weighted by Crippen LogP contribution is -2.29. The molecule has 0 saturated carbocycles. The Morgan fingerprint density at radius 3 is 2.64 bits per heavy atom. The predicted molar refractivity (Wildman–Crippen MR) is 79.8 cm³/mol. The molecule has 1 amide bonds. The van der Waals surface area contributed by atoms with Crippen LogP contribution in [0.4, 0.5) is 5.69 Å². The highest BCUT2D eigenvalue weighted by Crippen LogP contribution is 2.26. The van der Waals surface area contributed by atoms with Crippen molar-refractivity contribution in [3.05, 3.63) is 45.8 Å². The summed E-state index contributed by atoms with van der Waals surface area (Å²) >= 11 is 11.7. The zero-order valence-electron chi connectivity index (χ0n) is 11.3. The molecule has 2 aromatic rings. The lowest BCUT2D eigenvalue weighted by Gasteiger charge is -2.09. The zero-order chi connectivity index (χ0) is 16.3. The molecule has 0 fully saturated rings. The van der Waals surface area contributed by atoms with Crippen LogP contribution in [0.5, 0.6) is 0 Å². The maximum absolute atomic E-state index is 12.1. The van der Waals surface area contributed by atoms with E-state index in [1.54, 1.807) is 13.0 Å². The molecule has 112 valence electrons. The van der Waals surface area contributed by atoms with Crippen molar-refractivity contribution in [2.24, 2.45) is 5.92 Å². The summed E-state index contributed by atoms with van der Waals surface area (Å²) in [6.45, 7) is 1.60. The van der Waals surface area contributed by atoms with Crippen molar-refractivity contribution in [2.75, 3.05) is 5.32 Å². The second-order valence-electron chi connectivity index (χ2n) is 4.36. The van der Waals surface area contributed by atoms with Crippen LogP contribution in [0, 0.1) is 24.2 Å². The Morgan fingerprint density at radius 1 is 1.36 bits per heavy atom. The number of anilines is 1. The van der Waals surface area contributed by atoms with Crippen LogP contribution in [0.15, 0.2) is 28.8 Å². The molecule has 0 radical (unpaired) electrons. The van der Waals surface area contributed by atoms with Gasteiger partial charge in [0.25, 0.3) is 0 Å². The number of nitriles is 1. The number of hydrogen-bond acceptors (Lipinski definition) is 5. The first-order valence-corrected chi connectivity index (χ1v) is 6.81. The third kappa shape index (κ3) is 3.45. The number of carbonyl (C=O) groups excluding carboxylic acids is 2. The van der Waals surface area contributed by atoms with E-state index in [1.165, 1.54) is 24.3 Å². The van der Waals surface area contributed by atoms with Crippen LogP contribution >= 0.6 is 23.2 Å². The number of nitrogens with one attached hydrogen (secondary N) is 1. The number of ketones is 1. The number of amides is 1. The lowest BCUT2D eigenvalue weighted by molar-refractivity contribution is -0.117. The number of benzene rings is 1. The van der Waals surface area contributed by atoms with E-state index in [0.717, 1.165) is 0 Å². The molecule has 0 aliphatic rings. The van der Waals surface area contributed by atoms with Gasteiger partial charge in [0.05, 0.1) is 16.8 Å². The van der Waals surface area contributed by atoms with E-state index >= 15 is 0 Å². The van der Waals surface area contributed by atoms with Gasteiger partial charge >= 0.3 is 0 Å². The number of carbonyl (C=O) groups is 2. The van der Waals surface area contributed by atoms with Crippen LogP contribution in [-0.4, -0.2) is 16.8 Å². The Kier molecular flexibility index (Phi) is 4.81. The van der Waals surface area contributed by atoms with E-state index < -0.39 is 17.6 Å². The molecular formula is C14H9Cl2N3O3. The molecule has 22 heavy (non-hydrogen) atoms.